The molecule has 1 unspecified atom stereocenters. The van der Waals surface area contributed by atoms with Crippen molar-refractivity contribution < 1.29 is 12.4 Å². The first kappa shape index (κ1) is 24.3. The zero-order valence-electron chi connectivity index (χ0n) is 15.9. The summed E-state index contributed by atoms with van der Waals surface area (Å²) in [6.07, 6.45) is 22.2. The van der Waals surface area contributed by atoms with Crippen molar-refractivity contribution in [2.45, 2.75) is 116 Å². The molecule has 0 aliphatic carbocycles. The standard InChI is InChI=1S/C19H41O3PS/c1-2-3-4-5-6-7-8-9-10-11-12-13-14-15-16-17-18-19-24(20,21)22-23/h2-19,23H2,1H3. The first-order chi connectivity index (χ1) is 11.6. The van der Waals surface area contributed by atoms with E-state index >= 15 is 0 Å². The lowest BCUT2D eigenvalue weighted by atomic mass is 10.0. The Morgan fingerprint density at radius 3 is 1.17 bits per heavy atom. The number of hydrogen-bond acceptors (Lipinski definition) is 3. The van der Waals surface area contributed by atoms with Crippen molar-refractivity contribution in [3.8, 4) is 0 Å². The zero-order chi connectivity index (χ0) is 17.9. The molecule has 0 heterocycles. The first-order valence-corrected chi connectivity index (χ1v) is 12.3. The van der Waals surface area contributed by atoms with Crippen molar-refractivity contribution in [1.29, 1.82) is 0 Å². The van der Waals surface area contributed by atoms with Crippen LogP contribution in [0.3, 0.4) is 0 Å². The van der Waals surface area contributed by atoms with Gasteiger partial charge in [0.15, 0.2) is 0 Å². The van der Waals surface area contributed by atoms with Gasteiger partial charge in [0.05, 0.1) is 5.75 Å². The molecule has 0 spiro atoms. The van der Waals surface area contributed by atoms with Gasteiger partial charge in [-0.05, 0) is 6.42 Å². The van der Waals surface area contributed by atoms with E-state index in [1.165, 1.54) is 89.9 Å². The zero-order valence-corrected chi connectivity index (χ0v) is 17.9. The molecule has 3 nitrogen and oxygen atoms in total. The van der Waals surface area contributed by atoms with Gasteiger partial charge in [0.2, 0.25) is 0 Å². The van der Waals surface area contributed by atoms with Crippen LogP contribution < -0.4 is 0 Å². The average Bonchev–Trinajstić information content (AvgIpc) is 2.57. The molecule has 0 fully saturated rings. The molecule has 0 saturated heterocycles. The molecule has 0 radical (unpaired) electrons. The Bertz CT molecular complexity index is 345. The molecule has 0 bridgehead atoms. The minimum absolute atomic E-state index is 0.148. The second-order valence-corrected chi connectivity index (χ2v) is 9.31. The fourth-order valence-corrected chi connectivity index (χ4v) is 3.99. The summed E-state index contributed by atoms with van der Waals surface area (Å²) < 4.78 is 26.6. The van der Waals surface area contributed by atoms with Gasteiger partial charge < -0.3 is 0 Å². The highest BCUT2D eigenvalue weighted by Crippen LogP contribution is 2.14. The van der Waals surface area contributed by atoms with E-state index in [1.807, 2.05) is 9.47 Å². The van der Waals surface area contributed by atoms with E-state index in [0.717, 1.165) is 19.3 Å². The van der Waals surface area contributed by atoms with Crippen LogP contribution >= 0.6 is 9.47 Å². The Kier molecular flexibility index (Phi) is 18.4. The van der Waals surface area contributed by atoms with Crippen LogP contribution in [0.25, 0.3) is 0 Å². The van der Waals surface area contributed by atoms with Gasteiger partial charge >= 0.3 is 0 Å². The minimum Gasteiger partial charge on any atom is -0.254 e. The van der Waals surface area contributed by atoms with E-state index in [-0.39, 0.29) is 5.75 Å². The maximum atomic E-state index is 11.1. The number of unbranched alkanes of at least 4 members (excludes halogenated alkanes) is 16. The normalized spacial score (nSPS) is 11.9. The molecule has 146 valence electrons. The summed E-state index contributed by atoms with van der Waals surface area (Å²) in [6, 6.07) is 0. The van der Waals surface area contributed by atoms with Crippen LogP contribution in [0, 0.1) is 0 Å². The van der Waals surface area contributed by atoms with E-state index in [9.17, 15) is 8.42 Å². The highest BCUT2D eigenvalue weighted by atomic mass is 32.2. The van der Waals surface area contributed by atoms with Gasteiger partial charge in [-0.15, -0.1) is 0 Å². The first-order valence-electron chi connectivity index (χ1n) is 10.2. The molecule has 1 atom stereocenters. The summed E-state index contributed by atoms with van der Waals surface area (Å²) in [4.78, 5) is 0. The Hall–Kier alpha value is 0.340. The second-order valence-electron chi connectivity index (χ2n) is 7.01. The van der Waals surface area contributed by atoms with Gasteiger partial charge in [-0.3, -0.25) is 3.97 Å². The molecule has 0 aromatic heterocycles. The molecular weight excluding hydrogens is 339 g/mol. The topological polar surface area (TPSA) is 43.4 Å². The summed E-state index contributed by atoms with van der Waals surface area (Å²) in [5.74, 6) is 0.148. The summed E-state index contributed by atoms with van der Waals surface area (Å²) >= 11 is 0. The maximum Gasteiger partial charge on any atom is 0.269 e. The van der Waals surface area contributed by atoms with Gasteiger partial charge in [0.25, 0.3) is 10.1 Å². The summed E-state index contributed by atoms with van der Waals surface area (Å²) in [6.45, 7) is 2.27. The van der Waals surface area contributed by atoms with Crippen molar-refractivity contribution in [1.82, 2.24) is 0 Å². The molecule has 0 aromatic rings. The highest BCUT2D eigenvalue weighted by Gasteiger charge is 2.07. The minimum atomic E-state index is -3.28. The molecule has 0 saturated carbocycles. The van der Waals surface area contributed by atoms with Gasteiger partial charge in [-0.25, -0.2) is 0 Å². The lowest BCUT2D eigenvalue weighted by molar-refractivity contribution is 0.509. The van der Waals surface area contributed by atoms with E-state index in [2.05, 4.69) is 10.9 Å². The van der Waals surface area contributed by atoms with E-state index < -0.39 is 10.1 Å². The third-order valence-electron chi connectivity index (χ3n) is 4.64. The molecule has 0 rings (SSSR count). The van der Waals surface area contributed by atoms with Crippen LogP contribution in [0.15, 0.2) is 0 Å². The second kappa shape index (κ2) is 18.1. The van der Waals surface area contributed by atoms with E-state index in [4.69, 9.17) is 0 Å². The molecule has 0 N–H and O–H groups in total. The fraction of sp³-hybridized carbons (Fsp3) is 1.00. The van der Waals surface area contributed by atoms with Gasteiger partial charge in [0, 0.05) is 9.47 Å². The Morgan fingerprint density at radius 2 is 0.875 bits per heavy atom. The Morgan fingerprint density at radius 1 is 0.583 bits per heavy atom. The van der Waals surface area contributed by atoms with Gasteiger partial charge in [-0.2, -0.15) is 8.42 Å². The quantitative estimate of drug-likeness (QED) is 0.183. The van der Waals surface area contributed by atoms with Crippen molar-refractivity contribution in [2.75, 3.05) is 5.75 Å². The molecule has 0 aromatic carbocycles. The van der Waals surface area contributed by atoms with Crippen LogP contribution in [0.1, 0.15) is 116 Å². The lowest BCUT2D eigenvalue weighted by Gasteiger charge is -2.04. The molecule has 0 amide bonds. The van der Waals surface area contributed by atoms with Crippen LogP contribution in [0.5, 0.6) is 0 Å². The van der Waals surface area contributed by atoms with Crippen molar-refractivity contribution in [2.24, 2.45) is 0 Å². The number of hydrogen-bond donors (Lipinski definition) is 0. The largest absolute Gasteiger partial charge is 0.269 e. The van der Waals surface area contributed by atoms with E-state index in [1.54, 1.807) is 0 Å². The van der Waals surface area contributed by atoms with Gasteiger partial charge in [0.1, 0.15) is 0 Å². The third-order valence-corrected chi connectivity index (χ3v) is 6.61. The fourth-order valence-electron chi connectivity index (χ4n) is 3.05. The maximum absolute atomic E-state index is 11.1. The smallest absolute Gasteiger partial charge is 0.254 e. The average molecular weight is 381 g/mol. The Labute approximate surface area is 154 Å². The number of rotatable bonds is 19. The molecule has 0 aliphatic heterocycles. The van der Waals surface area contributed by atoms with Crippen molar-refractivity contribution >= 4 is 19.6 Å². The molecular formula is C19H41O3PS. The van der Waals surface area contributed by atoms with Crippen LogP contribution in [-0.2, 0) is 14.1 Å². The third kappa shape index (κ3) is 18.7. The highest BCUT2D eigenvalue weighted by molar-refractivity contribution is 7.88. The summed E-state index contributed by atoms with van der Waals surface area (Å²) in [7, 11) is -1.46. The van der Waals surface area contributed by atoms with Crippen molar-refractivity contribution in [3.05, 3.63) is 0 Å². The Balaban J connectivity index is 3.08. The predicted octanol–water partition coefficient (Wildman–Crippen LogP) is 6.77. The predicted molar refractivity (Wildman–Crippen MR) is 109 cm³/mol. The monoisotopic (exact) mass is 380 g/mol. The van der Waals surface area contributed by atoms with Crippen LogP contribution in [0.4, 0.5) is 0 Å². The van der Waals surface area contributed by atoms with Crippen molar-refractivity contribution in [3.63, 3.8) is 0 Å². The SMILES string of the molecule is CCCCCCCCCCCCCCCCCCCS(=O)(=O)OP. The molecule has 5 heteroatoms. The van der Waals surface area contributed by atoms with E-state index in [0.29, 0.717) is 0 Å². The summed E-state index contributed by atoms with van der Waals surface area (Å²) in [5, 5.41) is 0. The van der Waals surface area contributed by atoms with Crippen LogP contribution in [0.2, 0.25) is 0 Å². The molecule has 0 aliphatic rings. The van der Waals surface area contributed by atoms with Crippen LogP contribution in [-0.4, -0.2) is 14.2 Å². The van der Waals surface area contributed by atoms with Gasteiger partial charge in [-0.1, -0.05) is 110 Å². The lowest BCUT2D eigenvalue weighted by Crippen LogP contribution is -2.04. The summed E-state index contributed by atoms with van der Waals surface area (Å²) in [5.41, 5.74) is 0. The molecule has 24 heavy (non-hydrogen) atoms.